The molecular weight excluding hydrogens is 404 g/mol. The largest absolute Gasteiger partial charge is 0.490 e. The first kappa shape index (κ1) is 19.4. The maximum atomic E-state index is 11.9. The molecule has 2 aromatic rings. The highest BCUT2D eigenvalue weighted by atomic mass is 79.9. The van der Waals surface area contributed by atoms with Gasteiger partial charge in [-0.2, -0.15) is 5.10 Å². The van der Waals surface area contributed by atoms with E-state index >= 15 is 0 Å². The fraction of sp³-hybridized carbons (Fsp3) is 0.176. The third-order valence-corrected chi connectivity index (χ3v) is 3.97. The lowest BCUT2D eigenvalue weighted by Crippen LogP contribution is -2.26. The van der Waals surface area contributed by atoms with E-state index in [4.69, 9.17) is 4.74 Å². The number of nitrogens with zero attached hydrogens (tertiary/aromatic N) is 2. The van der Waals surface area contributed by atoms with Gasteiger partial charge in [-0.05, 0) is 43.3 Å². The monoisotopic (exact) mass is 420 g/mol. The van der Waals surface area contributed by atoms with Gasteiger partial charge >= 0.3 is 5.69 Å². The van der Waals surface area contributed by atoms with E-state index in [1.54, 1.807) is 13.0 Å². The van der Waals surface area contributed by atoms with Crippen LogP contribution in [0.3, 0.4) is 0 Å². The molecule has 1 amide bonds. The van der Waals surface area contributed by atoms with Crippen LogP contribution in [0, 0.1) is 10.1 Å². The van der Waals surface area contributed by atoms with Gasteiger partial charge < -0.3 is 10.1 Å². The van der Waals surface area contributed by atoms with Gasteiger partial charge in [-0.3, -0.25) is 14.9 Å². The first-order valence-corrected chi connectivity index (χ1v) is 8.35. The van der Waals surface area contributed by atoms with Gasteiger partial charge in [0.25, 0.3) is 5.91 Å². The molecule has 0 bridgehead atoms. The van der Waals surface area contributed by atoms with E-state index in [-0.39, 0.29) is 23.9 Å². The van der Waals surface area contributed by atoms with Crippen molar-refractivity contribution in [3.63, 3.8) is 0 Å². The molecule has 2 aromatic carbocycles. The highest BCUT2D eigenvalue weighted by Crippen LogP contribution is 2.27. The first-order chi connectivity index (χ1) is 12.4. The Morgan fingerprint density at radius 3 is 2.58 bits per heavy atom. The summed E-state index contributed by atoms with van der Waals surface area (Å²) in [6, 6.07) is 11.9. The van der Waals surface area contributed by atoms with Crippen molar-refractivity contribution in [2.75, 3.05) is 19.0 Å². The Kier molecular flexibility index (Phi) is 6.67. The molecule has 0 spiro atoms. The highest BCUT2D eigenvalue weighted by Gasteiger charge is 2.16. The van der Waals surface area contributed by atoms with Crippen molar-refractivity contribution < 1.29 is 14.5 Å². The summed E-state index contributed by atoms with van der Waals surface area (Å²) < 4.78 is 5.90. The summed E-state index contributed by atoms with van der Waals surface area (Å²) in [5.74, 6) is -0.176. The molecule has 0 aliphatic heterocycles. The van der Waals surface area contributed by atoms with Crippen LogP contribution in [0.25, 0.3) is 0 Å². The Morgan fingerprint density at radius 1 is 1.27 bits per heavy atom. The summed E-state index contributed by atoms with van der Waals surface area (Å²) in [4.78, 5) is 22.4. The summed E-state index contributed by atoms with van der Waals surface area (Å²) in [7, 11) is 1.36. The summed E-state index contributed by atoms with van der Waals surface area (Å²) in [6.45, 7) is 1.69. The SMILES string of the molecule is COc1ccc(/C(C)=N\NC(=O)CNc2ccc(Br)cc2)cc1[N+](=O)[O-]. The van der Waals surface area contributed by atoms with Crippen molar-refractivity contribution in [2.45, 2.75) is 6.92 Å². The van der Waals surface area contributed by atoms with Gasteiger partial charge in [0.15, 0.2) is 5.75 Å². The van der Waals surface area contributed by atoms with Crippen LogP contribution in [0.2, 0.25) is 0 Å². The van der Waals surface area contributed by atoms with E-state index in [0.717, 1.165) is 10.2 Å². The third kappa shape index (κ3) is 5.28. The number of nitrogens with one attached hydrogen (secondary N) is 2. The molecule has 0 radical (unpaired) electrons. The van der Waals surface area contributed by atoms with Gasteiger partial charge in [0.2, 0.25) is 0 Å². The third-order valence-electron chi connectivity index (χ3n) is 3.44. The number of nitro benzene ring substituents is 1. The second-order valence-corrected chi connectivity index (χ2v) is 6.15. The number of hydrogen-bond acceptors (Lipinski definition) is 6. The molecule has 0 aromatic heterocycles. The van der Waals surface area contributed by atoms with Gasteiger partial charge in [0.05, 0.1) is 24.3 Å². The van der Waals surface area contributed by atoms with E-state index in [1.807, 2.05) is 24.3 Å². The molecule has 0 heterocycles. The Balaban J connectivity index is 1.98. The van der Waals surface area contributed by atoms with E-state index in [2.05, 4.69) is 31.8 Å². The van der Waals surface area contributed by atoms with Gasteiger partial charge in [-0.25, -0.2) is 5.43 Å². The standard InChI is InChI=1S/C17H17BrN4O4/c1-11(12-3-8-16(26-2)15(9-12)22(24)25)20-21-17(23)10-19-14-6-4-13(18)5-7-14/h3-9,19H,10H2,1-2H3,(H,21,23)/b20-11-. The molecule has 136 valence electrons. The number of carbonyl (C=O) groups excluding carboxylic acids is 1. The summed E-state index contributed by atoms with van der Waals surface area (Å²) in [5.41, 5.74) is 4.00. The number of methoxy groups -OCH3 is 1. The minimum Gasteiger partial charge on any atom is -0.490 e. The number of rotatable bonds is 7. The quantitative estimate of drug-likeness (QED) is 0.405. The number of hydrogen-bond donors (Lipinski definition) is 2. The number of benzene rings is 2. The number of nitro groups is 1. The molecule has 0 unspecified atom stereocenters. The fourth-order valence-electron chi connectivity index (χ4n) is 2.06. The topological polar surface area (TPSA) is 106 Å². The van der Waals surface area contributed by atoms with Crippen molar-refractivity contribution in [2.24, 2.45) is 5.10 Å². The summed E-state index contributed by atoms with van der Waals surface area (Å²) >= 11 is 3.34. The predicted molar refractivity (Wildman–Crippen MR) is 103 cm³/mol. The highest BCUT2D eigenvalue weighted by molar-refractivity contribution is 9.10. The van der Waals surface area contributed by atoms with Gasteiger partial charge in [-0.1, -0.05) is 15.9 Å². The molecule has 26 heavy (non-hydrogen) atoms. The molecule has 9 heteroatoms. The normalized spacial score (nSPS) is 11.0. The van der Waals surface area contributed by atoms with Gasteiger partial charge in [-0.15, -0.1) is 0 Å². The zero-order valence-electron chi connectivity index (χ0n) is 14.2. The van der Waals surface area contributed by atoms with Crippen molar-refractivity contribution in [3.05, 3.63) is 62.6 Å². The van der Waals surface area contributed by atoms with Crippen LogP contribution in [0.5, 0.6) is 5.75 Å². The average Bonchev–Trinajstić information content (AvgIpc) is 2.65. The molecule has 0 fully saturated rings. The zero-order valence-corrected chi connectivity index (χ0v) is 15.7. The van der Waals surface area contributed by atoms with Crippen LogP contribution in [0.4, 0.5) is 11.4 Å². The van der Waals surface area contributed by atoms with Crippen LogP contribution < -0.4 is 15.5 Å². The van der Waals surface area contributed by atoms with Crippen LogP contribution in [-0.4, -0.2) is 30.2 Å². The van der Waals surface area contributed by atoms with E-state index in [0.29, 0.717) is 11.3 Å². The predicted octanol–water partition coefficient (Wildman–Crippen LogP) is 3.32. The minimum absolute atomic E-state index is 0.0428. The van der Waals surface area contributed by atoms with Gasteiger partial charge in [0, 0.05) is 21.8 Å². The Bertz CT molecular complexity index is 837. The Hall–Kier alpha value is -2.94. The van der Waals surface area contributed by atoms with Crippen molar-refractivity contribution >= 4 is 38.9 Å². The molecule has 0 atom stereocenters. The summed E-state index contributed by atoms with van der Waals surface area (Å²) in [5, 5.41) is 18.0. The smallest absolute Gasteiger partial charge is 0.311 e. The molecular formula is C17H17BrN4O4. The number of ether oxygens (including phenoxy) is 1. The zero-order chi connectivity index (χ0) is 19.1. The van der Waals surface area contributed by atoms with Crippen molar-refractivity contribution in [1.82, 2.24) is 5.43 Å². The number of halogens is 1. The number of carbonyl (C=O) groups is 1. The van der Waals surface area contributed by atoms with E-state index < -0.39 is 4.92 Å². The van der Waals surface area contributed by atoms with Crippen molar-refractivity contribution in [3.8, 4) is 5.75 Å². The lowest BCUT2D eigenvalue weighted by atomic mass is 10.1. The van der Waals surface area contributed by atoms with Crippen LogP contribution in [-0.2, 0) is 4.79 Å². The maximum Gasteiger partial charge on any atom is 0.311 e. The molecule has 8 nitrogen and oxygen atoms in total. The second-order valence-electron chi connectivity index (χ2n) is 5.24. The number of anilines is 1. The maximum absolute atomic E-state index is 11.9. The average molecular weight is 421 g/mol. The molecule has 0 saturated heterocycles. The van der Waals surface area contributed by atoms with Crippen molar-refractivity contribution in [1.29, 1.82) is 0 Å². The fourth-order valence-corrected chi connectivity index (χ4v) is 2.32. The number of amides is 1. The molecule has 0 saturated carbocycles. The molecule has 0 aliphatic rings. The molecule has 0 aliphatic carbocycles. The van der Waals surface area contributed by atoms with Crippen LogP contribution in [0.1, 0.15) is 12.5 Å². The number of hydrazone groups is 1. The lowest BCUT2D eigenvalue weighted by molar-refractivity contribution is -0.385. The molecule has 2 rings (SSSR count). The minimum atomic E-state index is -0.531. The Morgan fingerprint density at radius 2 is 1.96 bits per heavy atom. The second kappa shape index (κ2) is 8.95. The van der Waals surface area contributed by atoms with Crippen LogP contribution in [0.15, 0.2) is 52.0 Å². The summed E-state index contributed by atoms with van der Waals surface area (Å²) in [6.07, 6.45) is 0. The van der Waals surface area contributed by atoms with E-state index in [1.165, 1.54) is 19.2 Å². The van der Waals surface area contributed by atoms with Crippen LogP contribution >= 0.6 is 15.9 Å². The lowest BCUT2D eigenvalue weighted by Gasteiger charge is -2.07. The molecule has 2 N–H and O–H groups in total. The van der Waals surface area contributed by atoms with E-state index in [9.17, 15) is 14.9 Å². The first-order valence-electron chi connectivity index (χ1n) is 7.56. The Labute approximate surface area is 158 Å². The van der Waals surface area contributed by atoms with Gasteiger partial charge in [0.1, 0.15) is 0 Å².